The molecule has 1 N–H and O–H groups in total. The number of nitrogens with one attached hydrogen (secondary N) is 1. The second kappa shape index (κ2) is 9.34. The molecule has 0 radical (unpaired) electrons. The molecule has 3 rings (SSSR count). The Hall–Kier alpha value is -4.18. The summed E-state index contributed by atoms with van der Waals surface area (Å²) in [5.41, 5.74) is 1.70. The molecular formula is C23H19N3O4. The summed E-state index contributed by atoms with van der Waals surface area (Å²) in [7, 11) is 0. The van der Waals surface area contributed by atoms with E-state index in [-0.39, 0.29) is 23.5 Å². The van der Waals surface area contributed by atoms with Gasteiger partial charge in [0.1, 0.15) is 5.69 Å². The minimum Gasteiger partial charge on any atom is -0.462 e. The zero-order chi connectivity index (χ0) is 21.5. The second-order valence-corrected chi connectivity index (χ2v) is 6.36. The molecule has 150 valence electrons. The van der Waals surface area contributed by atoms with Crippen LogP contribution in [0.1, 0.15) is 40.0 Å². The van der Waals surface area contributed by atoms with E-state index in [1.165, 1.54) is 18.2 Å². The monoisotopic (exact) mass is 401 g/mol. The SMILES string of the molecule is CCOC(=O)c1cccc([N+](=O)[O-])c1NC(c1ccccc1)c1ccccc1C#N. The van der Waals surface area contributed by atoms with Crippen molar-refractivity contribution in [2.75, 3.05) is 11.9 Å². The number of nitriles is 1. The lowest BCUT2D eigenvalue weighted by molar-refractivity contribution is -0.384. The van der Waals surface area contributed by atoms with Crippen LogP contribution in [0.3, 0.4) is 0 Å². The lowest BCUT2D eigenvalue weighted by atomic mass is 9.94. The number of nitro groups is 1. The molecule has 7 heteroatoms. The predicted molar refractivity (Wildman–Crippen MR) is 112 cm³/mol. The maximum atomic E-state index is 12.5. The van der Waals surface area contributed by atoms with Crippen LogP contribution in [0.5, 0.6) is 0 Å². The van der Waals surface area contributed by atoms with E-state index in [2.05, 4.69) is 11.4 Å². The molecule has 0 aliphatic rings. The maximum Gasteiger partial charge on any atom is 0.340 e. The van der Waals surface area contributed by atoms with E-state index in [4.69, 9.17) is 4.74 Å². The fourth-order valence-corrected chi connectivity index (χ4v) is 3.20. The molecule has 0 aliphatic heterocycles. The Morgan fingerprint density at radius 1 is 1.10 bits per heavy atom. The van der Waals surface area contributed by atoms with Gasteiger partial charge in [0.2, 0.25) is 0 Å². The van der Waals surface area contributed by atoms with E-state index >= 15 is 0 Å². The van der Waals surface area contributed by atoms with Gasteiger partial charge in [-0.1, -0.05) is 54.6 Å². The first-order valence-electron chi connectivity index (χ1n) is 9.31. The Kier molecular flexibility index (Phi) is 6.40. The molecule has 0 aromatic heterocycles. The van der Waals surface area contributed by atoms with Crippen LogP contribution in [-0.2, 0) is 4.74 Å². The minimum atomic E-state index is -0.663. The van der Waals surface area contributed by atoms with Crippen LogP contribution in [0, 0.1) is 21.4 Å². The molecule has 0 saturated carbocycles. The number of nitro benzene ring substituents is 1. The Bertz CT molecular complexity index is 1110. The van der Waals surface area contributed by atoms with Gasteiger partial charge in [0.05, 0.1) is 34.8 Å². The van der Waals surface area contributed by atoms with Crippen LogP contribution in [0.4, 0.5) is 11.4 Å². The normalized spacial score (nSPS) is 11.2. The predicted octanol–water partition coefficient (Wildman–Crippen LogP) is 4.84. The number of ether oxygens (including phenoxy) is 1. The lowest BCUT2D eigenvalue weighted by Crippen LogP contribution is -2.18. The molecule has 0 saturated heterocycles. The highest BCUT2D eigenvalue weighted by atomic mass is 16.6. The number of esters is 1. The number of hydrogen-bond donors (Lipinski definition) is 1. The molecule has 1 atom stereocenters. The van der Waals surface area contributed by atoms with E-state index in [1.54, 1.807) is 31.2 Å². The highest BCUT2D eigenvalue weighted by Gasteiger charge is 2.27. The molecule has 0 bridgehead atoms. The van der Waals surface area contributed by atoms with Gasteiger partial charge in [-0.25, -0.2) is 4.79 Å². The van der Waals surface area contributed by atoms with Crippen molar-refractivity contribution in [1.29, 1.82) is 5.26 Å². The smallest absolute Gasteiger partial charge is 0.340 e. The van der Waals surface area contributed by atoms with Crippen molar-refractivity contribution in [3.63, 3.8) is 0 Å². The highest BCUT2D eigenvalue weighted by Crippen LogP contribution is 2.35. The van der Waals surface area contributed by atoms with Gasteiger partial charge >= 0.3 is 5.97 Å². The number of para-hydroxylation sites is 1. The third kappa shape index (κ3) is 4.28. The van der Waals surface area contributed by atoms with E-state index in [1.807, 2.05) is 30.3 Å². The molecule has 0 heterocycles. The van der Waals surface area contributed by atoms with Gasteiger partial charge in [-0.2, -0.15) is 5.26 Å². The first-order valence-corrected chi connectivity index (χ1v) is 9.31. The van der Waals surface area contributed by atoms with Gasteiger partial charge in [-0.15, -0.1) is 0 Å². The Morgan fingerprint density at radius 2 is 1.80 bits per heavy atom. The zero-order valence-corrected chi connectivity index (χ0v) is 16.2. The number of rotatable bonds is 7. The van der Waals surface area contributed by atoms with E-state index in [0.717, 1.165) is 5.56 Å². The van der Waals surface area contributed by atoms with Crippen LogP contribution in [0.2, 0.25) is 0 Å². The molecule has 3 aromatic rings. The van der Waals surface area contributed by atoms with Crippen molar-refractivity contribution in [2.45, 2.75) is 13.0 Å². The van der Waals surface area contributed by atoms with Gasteiger partial charge in [0.15, 0.2) is 0 Å². The number of hydrogen-bond acceptors (Lipinski definition) is 6. The molecular weight excluding hydrogens is 382 g/mol. The number of carbonyl (C=O) groups is 1. The van der Waals surface area contributed by atoms with Crippen molar-refractivity contribution in [3.05, 3.63) is 105 Å². The van der Waals surface area contributed by atoms with Gasteiger partial charge in [0.25, 0.3) is 5.69 Å². The summed E-state index contributed by atoms with van der Waals surface area (Å²) in [6.07, 6.45) is 0. The molecule has 0 aliphatic carbocycles. The molecule has 0 spiro atoms. The van der Waals surface area contributed by atoms with Crippen LogP contribution >= 0.6 is 0 Å². The molecule has 0 fully saturated rings. The zero-order valence-electron chi connectivity index (χ0n) is 16.2. The van der Waals surface area contributed by atoms with Crippen molar-refractivity contribution < 1.29 is 14.5 Å². The minimum absolute atomic E-state index is 0.0440. The third-order valence-corrected chi connectivity index (χ3v) is 4.55. The number of anilines is 1. The second-order valence-electron chi connectivity index (χ2n) is 6.36. The quantitative estimate of drug-likeness (QED) is 0.345. The molecule has 0 amide bonds. The lowest BCUT2D eigenvalue weighted by Gasteiger charge is -2.23. The van der Waals surface area contributed by atoms with E-state index in [9.17, 15) is 20.2 Å². The molecule has 3 aromatic carbocycles. The average molecular weight is 401 g/mol. The summed E-state index contributed by atoms with van der Waals surface area (Å²) in [6, 6.07) is 22.0. The Morgan fingerprint density at radius 3 is 2.47 bits per heavy atom. The average Bonchev–Trinajstić information content (AvgIpc) is 2.78. The molecule has 1 unspecified atom stereocenters. The largest absolute Gasteiger partial charge is 0.462 e. The van der Waals surface area contributed by atoms with Gasteiger partial charge < -0.3 is 10.1 Å². The van der Waals surface area contributed by atoms with Crippen LogP contribution in [-0.4, -0.2) is 17.5 Å². The fourth-order valence-electron chi connectivity index (χ4n) is 3.20. The summed E-state index contributed by atoms with van der Waals surface area (Å²) < 4.78 is 5.09. The topological polar surface area (TPSA) is 105 Å². The van der Waals surface area contributed by atoms with Gasteiger partial charge in [0, 0.05) is 6.07 Å². The molecule has 30 heavy (non-hydrogen) atoms. The molecule has 7 nitrogen and oxygen atoms in total. The van der Waals surface area contributed by atoms with Crippen molar-refractivity contribution in [2.24, 2.45) is 0 Å². The van der Waals surface area contributed by atoms with Crippen LogP contribution < -0.4 is 5.32 Å². The van der Waals surface area contributed by atoms with Gasteiger partial charge in [-0.3, -0.25) is 10.1 Å². The Labute approximate surface area is 173 Å². The summed E-state index contributed by atoms with van der Waals surface area (Å²) in [6.45, 7) is 1.80. The maximum absolute atomic E-state index is 12.5. The van der Waals surface area contributed by atoms with Crippen molar-refractivity contribution in [3.8, 4) is 6.07 Å². The van der Waals surface area contributed by atoms with Crippen LogP contribution in [0.15, 0.2) is 72.8 Å². The van der Waals surface area contributed by atoms with E-state index in [0.29, 0.717) is 11.1 Å². The third-order valence-electron chi connectivity index (χ3n) is 4.55. The highest BCUT2D eigenvalue weighted by molar-refractivity contribution is 5.98. The fraction of sp³-hybridized carbons (Fsp3) is 0.130. The van der Waals surface area contributed by atoms with E-state index < -0.39 is 16.9 Å². The first-order chi connectivity index (χ1) is 14.6. The standard InChI is InChI=1S/C23H19N3O4/c1-2-30-23(27)19-13-8-14-20(26(28)29)22(19)25-21(16-9-4-3-5-10-16)18-12-7-6-11-17(18)15-24/h3-14,21,25H,2H2,1H3. The number of carbonyl (C=O) groups excluding carboxylic acids is 1. The number of benzene rings is 3. The van der Waals surface area contributed by atoms with Crippen molar-refractivity contribution in [1.82, 2.24) is 0 Å². The Balaban J connectivity index is 2.20. The van der Waals surface area contributed by atoms with Gasteiger partial charge in [-0.05, 0) is 30.2 Å². The van der Waals surface area contributed by atoms with Crippen LogP contribution in [0.25, 0.3) is 0 Å². The summed E-state index contributed by atoms with van der Waals surface area (Å²) in [5.74, 6) is -0.663. The first kappa shape index (κ1) is 20.6. The summed E-state index contributed by atoms with van der Waals surface area (Å²) >= 11 is 0. The summed E-state index contributed by atoms with van der Waals surface area (Å²) in [5, 5.41) is 24.4. The summed E-state index contributed by atoms with van der Waals surface area (Å²) in [4.78, 5) is 23.6. The number of nitrogens with zero attached hydrogens (tertiary/aromatic N) is 2. The van der Waals surface area contributed by atoms with Crippen molar-refractivity contribution >= 4 is 17.3 Å².